The van der Waals surface area contributed by atoms with E-state index in [1.54, 1.807) is 0 Å². The Morgan fingerprint density at radius 1 is 1.04 bits per heavy atom. The zero-order valence-corrected chi connectivity index (χ0v) is 12.1. The van der Waals surface area contributed by atoms with E-state index in [4.69, 9.17) is 4.74 Å². The van der Waals surface area contributed by atoms with Crippen molar-refractivity contribution in [3.8, 4) is 17.2 Å². The van der Waals surface area contributed by atoms with Crippen molar-refractivity contribution in [2.75, 3.05) is 6.61 Å². The molecule has 0 saturated heterocycles. The fourth-order valence-corrected chi connectivity index (χ4v) is 2.36. The summed E-state index contributed by atoms with van der Waals surface area (Å²) in [5, 5.41) is 19.3. The van der Waals surface area contributed by atoms with E-state index in [0.29, 0.717) is 5.56 Å². The number of Topliss-reactive ketones (excluding diaryl/α,β-unsaturated/α-hetero) is 1. The van der Waals surface area contributed by atoms with Gasteiger partial charge in [-0.3, -0.25) is 4.79 Å². The van der Waals surface area contributed by atoms with E-state index in [1.165, 1.54) is 30.3 Å². The van der Waals surface area contributed by atoms with Crippen LogP contribution in [0.2, 0.25) is 0 Å². The summed E-state index contributed by atoms with van der Waals surface area (Å²) in [5.41, 5.74) is -0.413. The number of fused-ring (bicyclic) bond motifs is 1. The summed E-state index contributed by atoms with van der Waals surface area (Å²) >= 11 is 0. The van der Waals surface area contributed by atoms with Crippen LogP contribution in [0.3, 0.4) is 0 Å². The number of ketones is 1. The predicted molar refractivity (Wildman–Crippen MR) is 79.0 cm³/mol. The Morgan fingerprint density at radius 2 is 1.71 bits per heavy atom. The molecule has 0 fully saturated rings. The summed E-state index contributed by atoms with van der Waals surface area (Å²) in [6.45, 7) is -0.0862. The van der Waals surface area contributed by atoms with Crippen LogP contribution in [0.5, 0.6) is 17.2 Å². The van der Waals surface area contributed by atoms with E-state index < -0.39 is 29.0 Å². The maximum Gasteiger partial charge on any atom is 0.416 e. The molecule has 0 saturated carbocycles. The molecule has 1 heterocycles. The van der Waals surface area contributed by atoms with E-state index in [-0.39, 0.29) is 23.5 Å². The maximum absolute atomic E-state index is 12.5. The lowest BCUT2D eigenvalue weighted by molar-refractivity contribution is -0.137. The number of carbonyl (C=O) groups is 1. The highest BCUT2D eigenvalue weighted by Crippen LogP contribution is 2.40. The highest BCUT2D eigenvalue weighted by molar-refractivity contribution is 6.16. The SMILES string of the molecule is O=C1/C(=C/c2ccc(C(F)(F)F)cc2)COc2ccc(O)c(O)c21. The van der Waals surface area contributed by atoms with Gasteiger partial charge in [0.25, 0.3) is 0 Å². The molecule has 4 nitrogen and oxygen atoms in total. The smallest absolute Gasteiger partial charge is 0.416 e. The van der Waals surface area contributed by atoms with Gasteiger partial charge in [-0.1, -0.05) is 12.1 Å². The summed E-state index contributed by atoms with van der Waals surface area (Å²) in [7, 11) is 0. The molecule has 1 aliphatic rings. The van der Waals surface area contributed by atoms with Gasteiger partial charge in [-0.25, -0.2) is 0 Å². The second-order valence-corrected chi connectivity index (χ2v) is 5.21. The van der Waals surface area contributed by atoms with Gasteiger partial charge in [0.2, 0.25) is 0 Å². The first kappa shape index (κ1) is 15.9. The quantitative estimate of drug-likeness (QED) is 0.614. The Balaban J connectivity index is 1.95. The number of hydrogen-bond donors (Lipinski definition) is 2. The van der Waals surface area contributed by atoms with Gasteiger partial charge in [-0.2, -0.15) is 13.2 Å². The Labute approximate surface area is 134 Å². The number of alkyl halides is 3. The van der Waals surface area contributed by atoms with Crippen LogP contribution in [0.4, 0.5) is 13.2 Å². The summed E-state index contributed by atoms with van der Waals surface area (Å²) in [6.07, 6.45) is -3.05. The molecule has 2 aromatic carbocycles. The molecule has 1 aliphatic heterocycles. The minimum Gasteiger partial charge on any atom is -0.504 e. The van der Waals surface area contributed by atoms with Crippen LogP contribution in [-0.4, -0.2) is 22.6 Å². The predicted octanol–water partition coefficient (Wildman–Crippen LogP) is 3.78. The van der Waals surface area contributed by atoms with Gasteiger partial charge in [-0.15, -0.1) is 0 Å². The monoisotopic (exact) mass is 336 g/mol. The minimum atomic E-state index is -4.43. The van der Waals surface area contributed by atoms with E-state index >= 15 is 0 Å². The molecular weight excluding hydrogens is 325 g/mol. The molecule has 3 rings (SSSR count). The molecule has 0 radical (unpaired) electrons. The summed E-state index contributed by atoms with van der Waals surface area (Å²) in [5.74, 6) is -1.46. The first-order chi connectivity index (χ1) is 11.3. The third kappa shape index (κ3) is 2.80. The number of carbonyl (C=O) groups excluding carboxylic acids is 1. The Bertz CT molecular complexity index is 836. The fraction of sp³-hybridized carbons (Fsp3) is 0.118. The van der Waals surface area contributed by atoms with Crippen LogP contribution < -0.4 is 4.74 Å². The van der Waals surface area contributed by atoms with Gasteiger partial charge < -0.3 is 14.9 Å². The van der Waals surface area contributed by atoms with E-state index in [9.17, 15) is 28.2 Å². The molecule has 24 heavy (non-hydrogen) atoms. The summed E-state index contributed by atoms with van der Waals surface area (Å²) in [4.78, 5) is 12.4. The van der Waals surface area contributed by atoms with Crippen molar-refractivity contribution in [3.63, 3.8) is 0 Å². The normalized spacial score (nSPS) is 16.0. The third-order valence-corrected chi connectivity index (χ3v) is 3.60. The number of ether oxygens (including phenoxy) is 1. The van der Waals surface area contributed by atoms with E-state index in [0.717, 1.165) is 12.1 Å². The second kappa shape index (κ2) is 5.59. The number of aromatic hydroxyl groups is 2. The van der Waals surface area contributed by atoms with Crippen molar-refractivity contribution >= 4 is 11.9 Å². The topological polar surface area (TPSA) is 66.8 Å². The molecule has 2 N–H and O–H groups in total. The van der Waals surface area contributed by atoms with Crippen molar-refractivity contribution in [2.45, 2.75) is 6.18 Å². The molecule has 7 heteroatoms. The molecule has 0 spiro atoms. The Morgan fingerprint density at radius 3 is 2.33 bits per heavy atom. The third-order valence-electron chi connectivity index (χ3n) is 3.60. The number of benzene rings is 2. The zero-order valence-electron chi connectivity index (χ0n) is 12.1. The Kier molecular flexibility index (Phi) is 3.71. The summed E-state index contributed by atoms with van der Waals surface area (Å²) in [6, 6.07) is 6.86. The molecular formula is C17H11F3O4. The van der Waals surface area contributed by atoms with Gasteiger partial charge in [0.1, 0.15) is 17.9 Å². The van der Waals surface area contributed by atoms with Gasteiger partial charge in [-0.05, 0) is 35.9 Å². The Hall–Kier alpha value is -2.96. The highest BCUT2D eigenvalue weighted by atomic mass is 19.4. The van der Waals surface area contributed by atoms with E-state index in [1.807, 2.05) is 0 Å². The molecule has 0 aliphatic carbocycles. The first-order valence-electron chi connectivity index (χ1n) is 6.87. The van der Waals surface area contributed by atoms with Crippen LogP contribution in [0.1, 0.15) is 21.5 Å². The highest BCUT2D eigenvalue weighted by Gasteiger charge is 2.30. The average Bonchev–Trinajstić information content (AvgIpc) is 2.53. The minimum absolute atomic E-state index is 0.0862. The van der Waals surface area contributed by atoms with Gasteiger partial charge >= 0.3 is 6.18 Å². The van der Waals surface area contributed by atoms with Gasteiger partial charge in [0.15, 0.2) is 17.3 Å². The number of rotatable bonds is 1. The van der Waals surface area contributed by atoms with Crippen molar-refractivity contribution < 1.29 is 32.9 Å². The molecule has 124 valence electrons. The van der Waals surface area contributed by atoms with Gasteiger partial charge in [0, 0.05) is 5.57 Å². The van der Waals surface area contributed by atoms with E-state index in [2.05, 4.69) is 0 Å². The largest absolute Gasteiger partial charge is 0.504 e. The van der Waals surface area contributed by atoms with Crippen LogP contribution in [-0.2, 0) is 6.18 Å². The van der Waals surface area contributed by atoms with Crippen molar-refractivity contribution in [1.29, 1.82) is 0 Å². The first-order valence-corrected chi connectivity index (χ1v) is 6.87. The summed E-state index contributed by atoms with van der Waals surface area (Å²) < 4.78 is 43.0. The standard InChI is InChI=1S/C17H11F3O4/c18-17(19,20)11-3-1-9(2-4-11)7-10-8-24-13-6-5-12(21)16(23)14(13)15(10)22/h1-7,21,23H,8H2/b10-7+. The number of phenolic OH excluding ortho intramolecular Hbond substituents is 2. The molecule has 0 atom stereocenters. The van der Waals surface area contributed by atoms with Crippen LogP contribution >= 0.6 is 0 Å². The van der Waals surface area contributed by atoms with Crippen molar-refractivity contribution in [3.05, 3.63) is 58.7 Å². The van der Waals surface area contributed by atoms with Crippen LogP contribution in [0.25, 0.3) is 6.08 Å². The van der Waals surface area contributed by atoms with Crippen LogP contribution in [0, 0.1) is 0 Å². The molecule has 0 amide bonds. The lowest BCUT2D eigenvalue weighted by atomic mass is 9.97. The molecule has 0 bridgehead atoms. The average molecular weight is 336 g/mol. The zero-order chi connectivity index (χ0) is 17.5. The number of hydrogen-bond acceptors (Lipinski definition) is 4. The molecule has 0 aromatic heterocycles. The number of phenols is 2. The lowest BCUT2D eigenvalue weighted by Crippen LogP contribution is -2.19. The number of halogens is 3. The van der Waals surface area contributed by atoms with Crippen molar-refractivity contribution in [1.82, 2.24) is 0 Å². The second-order valence-electron chi connectivity index (χ2n) is 5.21. The lowest BCUT2D eigenvalue weighted by Gasteiger charge is -2.20. The van der Waals surface area contributed by atoms with Crippen LogP contribution in [0.15, 0.2) is 42.0 Å². The molecule has 0 unspecified atom stereocenters. The van der Waals surface area contributed by atoms with Crippen molar-refractivity contribution in [2.24, 2.45) is 0 Å². The van der Waals surface area contributed by atoms with Gasteiger partial charge in [0.05, 0.1) is 5.56 Å². The fourth-order valence-electron chi connectivity index (χ4n) is 2.36. The molecule has 2 aromatic rings. The maximum atomic E-state index is 12.5.